The van der Waals surface area contributed by atoms with Crippen LogP contribution in [0.4, 0.5) is 13.6 Å². The zero-order valence-electron chi connectivity index (χ0n) is 13.8. The molecule has 0 aliphatic heterocycles. The van der Waals surface area contributed by atoms with Gasteiger partial charge in [0.2, 0.25) is 0 Å². The Kier molecular flexibility index (Phi) is 4.81. The second kappa shape index (κ2) is 6.50. The predicted octanol–water partition coefficient (Wildman–Crippen LogP) is 2.14. The summed E-state index contributed by atoms with van der Waals surface area (Å²) in [6.45, 7) is 5.06. The second-order valence-corrected chi connectivity index (χ2v) is 6.11. The Labute approximate surface area is 136 Å². The van der Waals surface area contributed by atoms with E-state index in [9.17, 15) is 18.4 Å². The lowest BCUT2D eigenvalue weighted by atomic mass is 10.2. The molecule has 0 saturated carbocycles. The molecule has 0 atom stereocenters. The lowest BCUT2D eigenvalue weighted by Gasteiger charge is -2.19. The van der Waals surface area contributed by atoms with Gasteiger partial charge >= 0.3 is 11.8 Å². The Morgan fingerprint density at radius 1 is 1.38 bits per heavy atom. The molecule has 1 heterocycles. The maximum atomic E-state index is 14.1. The summed E-state index contributed by atoms with van der Waals surface area (Å²) < 4.78 is 38.7. The fraction of sp³-hybridized carbons (Fsp3) is 0.467. The van der Waals surface area contributed by atoms with Crippen LogP contribution in [-0.4, -0.2) is 34.9 Å². The van der Waals surface area contributed by atoms with Crippen molar-refractivity contribution >= 4 is 17.1 Å². The van der Waals surface area contributed by atoms with Gasteiger partial charge in [0.15, 0.2) is 11.6 Å². The summed E-state index contributed by atoms with van der Waals surface area (Å²) in [7, 11) is 1.28. The molecule has 1 aromatic carbocycles. The minimum Gasteiger partial charge on any atom is -0.494 e. The van der Waals surface area contributed by atoms with Crippen molar-refractivity contribution in [3.05, 3.63) is 28.2 Å². The maximum absolute atomic E-state index is 14.1. The number of imidazole rings is 1. The highest BCUT2D eigenvalue weighted by atomic mass is 19.2. The highest BCUT2D eigenvalue weighted by Crippen LogP contribution is 2.27. The SMILES string of the molecule is COc1cc(F)c(F)c2c1[nH]c(=O)n2CCNC(=O)OC(C)(C)C. The molecule has 0 saturated heterocycles. The average Bonchev–Trinajstić information content (AvgIpc) is 2.78. The molecule has 0 radical (unpaired) electrons. The number of carbonyl (C=O) groups is 1. The van der Waals surface area contributed by atoms with E-state index >= 15 is 0 Å². The third kappa shape index (κ3) is 3.66. The van der Waals surface area contributed by atoms with Crippen molar-refractivity contribution in [3.63, 3.8) is 0 Å². The van der Waals surface area contributed by atoms with E-state index in [2.05, 4.69) is 10.3 Å². The molecule has 24 heavy (non-hydrogen) atoms. The Morgan fingerprint density at radius 2 is 2.04 bits per heavy atom. The Balaban J connectivity index is 2.24. The Bertz CT molecular complexity index is 821. The van der Waals surface area contributed by atoms with E-state index in [0.717, 1.165) is 10.6 Å². The molecule has 0 unspecified atom stereocenters. The molecule has 0 aliphatic rings. The van der Waals surface area contributed by atoms with E-state index in [-0.39, 0.29) is 29.9 Å². The van der Waals surface area contributed by atoms with Crippen LogP contribution < -0.4 is 15.7 Å². The number of nitrogens with zero attached hydrogens (tertiary/aromatic N) is 1. The fourth-order valence-electron chi connectivity index (χ4n) is 2.20. The number of aromatic nitrogens is 2. The summed E-state index contributed by atoms with van der Waals surface area (Å²) in [5.41, 5.74) is -1.50. The number of carbonyl (C=O) groups excluding carboxylic acids is 1. The molecule has 2 N–H and O–H groups in total. The van der Waals surface area contributed by atoms with E-state index in [1.807, 2.05) is 0 Å². The van der Waals surface area contributed by atoms with Crippen LogP contribution in [0.1, 0.15) is 20.8 Å². The fourth-order valence-corrected chi connectivity index (χ4v) is 2.20. The topological polar surface area (TPSA) is 85.4 Å². The van der Waals surface area contributed by atoms with Gasteiger partial charge in [0, 0.05) is 19.2 Å². The molecule has 1 amide bonds. The normalized spacial score (nSPS) is 11.6. The number of hydrogen-bond donors (Lipinski definition) is 2. The van der Waals surface area contributed by atoms with Gasteiger partial charge in [-0.05, 0) is 20.8 Å². The second-order valence-electron chi connectivity index (χ2n) is 6.11. The van der Waals surface area contributed by atoms with E-state index in [1.54, 1.807) is 20.8 Å². The molecule has 0 spiro atoms. The zero-order valence-corrected chi connectivity index (χ0v) is 13.8. The number of hydrogen-bond acceptors (Lipinski definition) is 4. The molecule has 0 bridgehead atoms. The highest BCUT2D eigenvalue weighted by molar-refractivity contribution is 5.82. The van der Waals surface area contributed by atoms with Gasteiger partial charge in [0.25, 0.3) is 0 Å². The number of H-pyrrole nitrogens is 1. The van der Waals surface area contributed by atoms with Gasteiger partial charge in [-0.15, -0.1) is 0 Å². The third-order valence-corrected chi connectivity index (χ3v) is 3.13. The van der Waals surface area contributed by atoms with Gasteiger partial charge in [-0.25, -0.2) is 18.4 Å². The molecule has 1 aromatic heterocycles. The van der Waals surface area contributed by atoms with Crippen LogP contribution >= 0.6 is 0 Å². The minimum atomic E-state index is -1.17. The number of rotatable bonds is 4. The van der Waals surface area contributed by atoms with Crippen LogP contribution in [-0.2, 0) is 11.3 Å². The standard InChI is InChI=1S/C15H19F2N3O4/c1-15(2,3)24-14(22)18-5-6-20-12-10(17)8(16)7-9(23-4)11(12)19-13(20)21/h7H,5-6H2,1-4H3,(H,18,22)(H,19,21). The van der Waals surface area contributed by atoms with Crippen LogP contribution in [0.15, 0.2) is 10.9 Å². The monoisotopic (exact) mass is 343 g/mol. The summed E-state index contributed by atoms with van der Waals surface area (Å²) in [5, 5.41) is 2.45. The minimum absolute atomic E-state index is 0.0000418. The molecule has 9 heteroatoms. The van der Waals surface area contributed by atoms with E-state index in [0.29, 0.717) is 0 Å². The number of ether oxygens (including phenoxy) is 2. The number of fused-ring (bicyclic) bond motifs is 1. The smallest absolute Gasteiger partial charge is 0.407 e. The first kappa shape index (κ1) is 17.8. The maximum Gasteiger partial charge on any atom is 0.407 e. The number of methoxy groups -OCH3 is 1. The van der Waals surface area contributed by atoms with Crippen LogP contribution in [0.5, 0.6) is 5.75 Å². The van der Waals surface area contributed by atoms with Crippen molar-refractivity contribution in [2.75, 3.05) is 13.7 Å². The highest BCUT2D eigenvalue weighted by Gasteiger charge is 2.20. The quantitative estimate of drug-likeness (QED) is 0.891. The van der Waals surface area contributed by atoms with Crippen LogP contribution in [0, 0.1) is 11.6 Å². The average molecular weight is 343 g/mol. The van der Waals surface area contributed by atoms with Crippen molar-refractivity contribution in [1.82, 2.24) is 14.9 Å². The number of amides is 1. The van der Waals surface area contributed by atoms with E-state index in [1.165, 1.54) is 7.11 Å². The first-order valence-corrected chi connectivity index (χ1v) is 7.25. The lowest BCUT2D eigenvalue weighted by Crippen LogP contribution is -2.35. The van der Waals surface area contributed by atoms with Gasteiger partial charge in [0.05, 0.1) is 7.11 Å². The van der Waals surface area contributed by atoms with Gasteiger partial charge < -0.3 is 19.8 Å². The Hall–Kier alpha value is -2.58. The van der Waals surface area contributed by atoms with E-state index < -0.39 is 29.0 Å². The van der Waals surface area contributed by atoms with Crippen molar-refractivity contribution in [2.45, 2.75) is 32.9 Å². The van der Waals surface area contributed by atoms with Gasteiger partial charge in [-0.3, -0.25) is 4.57 Å². The lowest BCUT2D eigenvalue weighted by molar-refractivity contribution is 0.0526. The molecule has 0 fully saturated rings. The molecular weight excluding hydrogens is 324 g/mol. The van der Waals surface area contributed by atoms with Gasteiger partial charge in [0.1, 0.15) is 22.4 Å². The molecule has 7 nitrogen and oxygen atoms in total. The van der Waals surface area contributed by atoms with Crippen molar-refractivity contribution in [3.8, 4) is 5.75 Å². The van der Waals surface area contributed by atoms with Gasteiger partial charge in [-0.2, -0.15) is 0 Å². The first-order valence-electron chi connectivity index (χ1n) is 7.25. The van der Waals surface area contributed by atoms with E-state index in [4.69, 9.17) is 9.47 Å². The van der Waals surface area contributed by atoms with Crippen LogP contribution in [0.2, 0.25) is 0 Å². The Morgan fingerprint density at radius 3 is 2.62 bits per heavy atom. The molecule has 2 rings (SSSR count). The largest absolute Gasteiger partial charge is 0.494 e. The van der Waals surface area contributed by atoms with Crippen molar-refractivity contribution in [2.24, 2.45) is 0 Å². The number of benzene rings is 1. The molecular formula is C15H19F2N3O4. The van der Waals surface area contributed by atoms with Gasteiger partial charge in [-0.1, -0.05) is 0 Å². The van der Waals surface area contributed by atoms with Crippen LogP contribution in [0.3, 0.4) is 0 Å². The first-order chi connectivity index (χ1) is 11.1. The number of nitrogens with one attached hydrogen (secondary N) is 2. The molecule has 0 aliphatic carbocycles. The summed E-state index contributed by atoms with van der Waals surface area (Å²) in [6.07, 6.45) is -0.667. The molecule has 132 valence electrons. The number of alkyl carbamates (subject to hydrolysis) is 1. The zero-order chi connectivity index (χ0) is 18.1. The number of halogens is 2. The summed E-state index contributed by atoms with van der Waals surface area (Å²) >= 11 is 0. The van der Waals surface area contributed by atoms with Crippen LogP contribution in [0.25, 0.3) is 11.0 Å². The number of aromatic amines is 1. The summed E-state index contributed by atoms with van der Waals surface area (Å²) in [4.78, 5) is 26.0. The molecule has 2 aromatic rings. The summed E-state index contributed by atoms with van der Waals surface area (Å²) in [6, 6.07) is 0.858. The van der Waals surface area contributed by atoms with Crippen molar-refractivity contribution < 1.29 is 23.0 Å². The third-order valence-electron chi connectivity index (χ3n) is 3.13. The summed E-state index contributed by atoms with van der Waals surface area (Å²) in [5.74, 6) is -2.28. The van der Waals surface area contributed by atoms with Crippen molar-refractivity contribution in [1.29, 1.82) is 0 Å². The predicted molar refractivity (Wildman–Crippen MR) is 83.3 cm³/mol.